The van der Waals surface area contributed by atoms with E-state index in [1.807, 2.05) is 0 Å². The maximum absolute atomic E-state index is 12.8. The van der Waals surface area contributed by atoms with Crippen LogP contribution in [0.3, 0.4) is 0 Å². The van der Waals surface area contributed by atoms with E-state index in [1.165, 1.54) is 11.3 Å². The summed E-state index contributed by atoms with van der Waals surface area (Å²) in [4.78, 5) is 38.0. The highest BCUT2D eigenvalue weighted by molar-refractivity contribution is 7.17. The molecule has 0 aliphatic heterocycles. The Kier molecular flexibility index (Phi) is 6.19. The molecule has 0 saturated heterocycles. The van der Waals surface area contributed by atoms with Gasteiger partial charge in [0, 0.05) is 22.7 Å². The summed E-state index contributed by atoms with van der Waals surface area (Å²) >= 11 is 1.42. The third-order valence-corrected chi connectivity index (χ3v) is 6.57. The number of esters is 1. The summed E-state index contributed by atoms with van der Waals surface area (Å²) < 4.78 is 5.40. The lowest BCUT2D eigenvalue weighted by Crippen LogP contribution is -2.42. The highest BCUT2D eigenvalue weighted by Crippen LogP contribution is 2.40. The monoisotopic (exact) mass is 392 g/mol. The number of rotatable bonds is 5. The number of carbonyl (C=O) groups excluding carboxylic acids is 3. The number of aliphatic carboxylic acids is 1. The number of fused-ring (bicyclic) bond motifs is 1. The Balaban J connectivity index is 1.87. The fourth-order valence-corrected chi connectivity index (χ4v) is 5.35. The van der Waals surface area contributed by atoms with Gasteiger partial charge in [-0.25, -0.2) is 4.79 Å². The number of carboxylic acid groups (broad SMARTS) is 1. The number of carbonyl (C=O) groups is 3. The van der Waals surface area contributed by atoms with Crippen molar-refractivity contribution >= 4 is 34.2 Å². The van der Waals surface area contributed by atoms with Crippen molar-refractivity contribution < 1.29 is 24.2 Å². The van der Waals surface area contributed by atoms with Crippen molar-refractivity contribution in [3.8, 4) is 0 Å². The van der Waals surface area contributed by atoms with Crippen LogP contribution < -0.4 is 10.4 Å². The Hall–Kier alpha value is -1.89. The third kappa shape index (κ3) is 4.34. The topological polar surface area (TPSA) is 95.5 Å². The molecule has 1 fully saturated rings. The third-order valence-electron chi connectivity index (χ3n) is 5.36. The van der Waals surface area contributed by atoms with Crippen molar-refractivity contribution in [3.63, 3.8) is 0 Å². The molecule has 0 spiro atoms. The molecular weight excluding hydrogens is 366 g/mol. The first-order valence-electron chi connectivity index (χ1n) is 9.75. The van der Waals surface area contributed by atoms with Gasteiger partial charge in [-0.15, -0.1) is 11.3 Å². The molecule has 1 saturated carbocycles. The molecule has 2 aliphatic rings. The second-order valence-electron chi connectivity index (χ2n) is 7.67. The Morgan fingerprint density at radius 1 is 1.07 bits per heavy atom. The highest BCUT2D eigenvalue weighted by atomic mass is 32.1. The van der Waals surface area contributed by atoms with E-state index < -0.39 is 23.8 Å². The summed E-state index contributed by atoms with van der Waals surface area (Å²) in [7, 11) is 0. The number of amides is 1. The summed E-state index contributed by atoms with van der Waals surface area (Å²) in [6.07, 6.45) is 6.13. The minimum Gasteiger partial charge on any atom is -0.550 e. The van der Waals surface area contributed by atoms with Gasteiger partial charge in [-0.1, -0.05) is 12.8 Å². The van der Waals surface area contributed by atoms with E-state index in [0.717, 1.165) is 49.0 Å². The SMILES string of the molecule is CC(C)OC(=O)c1c(NC(=O)[C@H]2CCCC[C@@H]2C(=O)[O-])sc2c1CCCC2. The van der Waals surface area contributed by atoms with Gasteiger partial charge < -0.3 is 20.0 Å². The van der Waals surface area contributed by atoms with Crippen LogP contribution in [0.1, 0.15) is 73.2 Å². The van der Waals surface area contributed by atoms with E-state index in [1.54, 1.807) is 13.8 Å². The van der Waals surface area contributed by atoms with Crippen LogP contribution in [0.25, 0.3) is 0 Å². The number of hydrogen-bond donors (Lipinski definition) is 1. The second kappa shape index (κ2) is 8.42. The van der Waals surface area contributed by atoms with Crippen LogP contribution in [0.15, 0.2) is 0 Å². The fourth-order valence-electron chi connectivity index (χ4n) is 4.07. The molecule has 1 amide bonds. The Labute approximate surface area is 163 Å². The van der Waals surface area contributed by atoms with Gasteiger partial charge >= 0.3 is 5.97 Å². The molecule has 1 N–H and O–H groups in total. The van der Waals surface area contributed by atoms with Crippen LogP contribution in [-0.4, -0.2) is 23.9 Å². The van der Waals surface area contributed by atoms with E-state index in [0.29, 0.717) is 23.4 Å². The zero-order chi connectivity index (χ0) is 19.6. The van der Waals surface area contributed by atoms with E-state index in [-0.39, 0.29) is 12.0 Å². The number of aryl methyl sites for hydroxylation is 1. The molecule has 2 atom stereocenters. The van der Waals surface area contributed by atoms with Gasteiger partial charge in [0.15, 0.2) is 0 Å². The Bertz CT molecular complexity index is 739. The Morgan fingerprint density at radius 2 is 1.74 bits per heavy atom. The van der Waals surface area contributed by atoms with Crippen LogP contribution in [-0.2, 0) is 27.2 Å². The van der Waals surface area contributed by atoms with Gasteiger partial charge in [0.1, 0.15) is 5.00 Å². The highest BCUT2D eigenvalue weighted by Gasteiger charge is 2.34. The molecule has 1 aromatic rings. The minimum atomic E-state index is -1.17. The quantitative estimate of drug-likeness (QED) is 0.777. The normalized spacial score (nSPS) is 22.2. The predicted molar refractivity (Wildman–Crippen MR) is 101 cm³/mol. The molecule has 3 rings (SSSR count). The maximum Gasteiger partial charge on any atom is 0.341 e. The standard InChI is InChI=1S/C20H27NO5S/c1-11(2)26-20(25)16-14-9-5-6-10-15(14)27-18(16)21-17(22)12-7-3-4-8-13(12)19(23)24/h11-13H,3-10H2,1-2H3,(H,21,22)(H,23,24)/p-1/t12-,13-/m0/s1. The van der Waals surface area contributed by atoms with Gasteiger partial charge in [-0.3, -0.25) is 4.79 Å². The smallest absolute Gasteiger partial charge is 0.341 e. The molecule has 6 nitrogen and oxygen atoms in total. The zero-order valence-corrected chi connectivity index (χ0v) is 16.7. The molecule has 0 bridgehead atoms. The lowest BCUT2D eigenvalue weighted by atomic mass is 9.78. The molecule has 1 aromatic heterocycles. The molecule has 0 radical (unpaired) electrons. The van der Waals surface area contributed by atoms with Crippen molar-refractivity contribution in [2.75, 3.05) is 5.32 Å². The number of nitrogens with one attached hydrogen (secondary N) is 1. The Morgan fingerprint density at radius 3 is 2.41 bits per heavy atom. The van der Waals surface area contributed by atoms with Crippen LogP contribution in [0.5, 0.6) is 0 Å². The lowest BCUT2D eigenvalue weighted by Gasteiger charge is -2.31. The zero-order valence-electron chi connectivity index (χ0n) is 15.8. The van der Waals surface area contributed by atoms with Crippen LogP contribution >= 0.6 is 11.3 Å². The molecule has 2 aliphatic carbocycles. The minimum absolute atomic E-state index is 0.249. The van der Waals surface area contributed by atoms with Crippen molar-refractivity contribution in [1.29, 1.82) is 0 Å². The van der Waals surface area contributed by atoms with Gasteiger partial charge in [0.25, 0.3) is 0 Å². The molecule has 27 heavy (non-hydrogen) atoms. The van der Waals surface area contributed by atoms with Crippen molar-refractivity contribution in [2.24, 2.45) is 11.8 Å². The number of ether oxygens (including phenoxy) is 1. The summed E-state index contributed by atoms with van der Waals surface area (Å²) in [5, 5.41) is 14.8. The summed E-state index contributed by atoms with van der Waals surface area (Å²) in [6, 6.07) is 0. The predicted octanol–water partition coefficient (Wildman–Crippen LogP) is 2.69. The first-order valence-corrected chi connectivity index (χ1v) is 10.6. The first kappa shape index (κ1) is 19.9. The summed E-state index contributed by atoms with van der Waals surface area (Å²) in [5.41, 5.74) is 1.44. The van der Waals surface area contributed by atoms with E-state index in [9.17, 15) is 19.5 Å². The van der Waals surface area contributed by atoms with E-state index >= 15 is 0 Å². The molecule has 0 unspecified atom stereocenters. The van der Waals surface area contributed by atoms with Crippen LogP contribution in [0, 0.1) is 11.8 Å². The number of carboxylic acids is 1. The number of anilines is 1. The number of hydrogen-bond acceptors (Lipinski definition) is 6. The molecule has 7 heteroatoms. The first-order chi connectivity index (χ1) is 12.9. The molecular formula is C20H26NO5S-. The molecule has 0 aromatic carbocycles. The van der Waals surface area contributed by atoms with Gasteiger partial charge in [-0.05, 0) is 57.9 Å². The average molecular weight is 392 g/mol. The van der Waals surface area contributed by atoms with Crippen molar-refractivity contribution in [2.45, 2.75) is 71.3 Å². The lowest BCUT2D eigenvalue weighted by molar-refractivity contribution is -0.313. The maximum atomic E-state index is 12.8. The summed E-state index contributed by atoms with van der Waals surface area (Å²) in [5.74, 6) is -3.29. The molecule has 148 valence electrons. The van der Waals surface area contributed by atoms with E-state index in [2.05, 4.69) is 5.32 Å². The number of thiophene rings is 1. The van der Waals surface area contributed by atoms with E-state index in [4.69, 9.17) is 4.74 Å². The van der Waals surface area contributed by atoms with Gasteiger partial charge in [-0.2, -0.15) is 0 Å². The molecule has 1 heterocycles. The average Bonchev–Trinajstić information content (AvgIpc) is 2.98. The second-order valence-corrected chi connectivity index (χ2v) is 8.78. The largest absolute Gasteiger partial charge is 0.550 e. The van der Waals surface area contributed by atoms with Gasteiger partial charge in [0.05, 0.1) is 11.7 Å². The summed E-state index contributed by atoms with van der Waals surface area (Å²) in [6.45, 7) is 3.59. The van der Waals surface area contributed by atoms with Crippen molar-refractivity contribution in [1.82, 2.24) is 0 Å². The fraction of sp³-hybridized carbons (Fsp3) is 0.650. The van der Waals surface area contributed by atoms with Crippen molar-refractivity contribution in [3.05, 3.63) is 16.0 Å². The van der Waals surface area contributed by atoms with Crippen LogP contribution in [0.4, 0.5) is 5.00 Å². The van der Waals surface area contributed by atoms with Gasteiger partial charge in [0.2, 0.25) is 5.91 Å². The van der Waals surface area contributed by atoms with Crippen LogP contribution in [0.2, 0.25) is 0 Å².